The Morgan fingerprint density at radius 1 is 1.13 bits per heavy atom. The number of Topliss-reactive ketones (excluding diaryl/α,β-unsaturated/α-hetero) is 1. The lowest BCUT2D eigenvalue weighted by atomic mass is 10.1. The summed E-state index contributed by atoms with van der Waals surface area (Å²) in [5.74, 6) is -1.65. The Morgan fingerprint density at radius 3 is 2.43 bits per heavy atom. The molecule has 0 aliphatic carbocycles. The molecule has 0 aromatic heterocycles. The number of hydrogen-bond acceptors (Lipinski definition) is 5. The zero-order valence-corrected chi connectivity index (χ0v) is 17.1. The van der Waals surface area contributed by atoms with Crippen molar-refractivity contribution in [2.24, 2.45) is 0 Å². The topological polar surface area (TPSA) is 81.7 Å². The monoisotopic (exact) mass is 413 g/mol. The summed E-state index contributed by atoms with van der Waals surface area (Å²) >= 11 is 0. The lowest BCUT2D eigenvalue weighted by molar-refractivity contribution is -0.140. The molecule has 2 aromatic carbocycles. The Labute approximate surface area is 174 Å². The molecule has 0 heterocycles. The summed E-state index contributed by atoms with van der Waals surface area (Å²) in [5, 5.41) is 2.73. The molecule has 0 saturated heterocycles. The summed E-state index contributed by atoms with van der Waals surface area (Å²) in [5.41, 5.74) is 1.39. The zero-order valence-electron chi connectivity index (χ0n) is 17.1. The van der Waals surface area contributed by atoms with Crippen molar-refractivity contribution in [2.45, 2.75) is 32.8 Å². The second kappa shape index (κ2) is 10.9. The van der Waals surface area contributed by atoms with Gasteiger partial charge in [0.05, 0.1) is 7.11 Å². The van der Waals surface area contributed by atoms with E-state index in [0.717, 1.165) is 12.5 Å². The van der Waals surface area contributed by atoms with Crippen LogP contribution in [0.4, 0.5) is 10.1 Å². The summed E-state index contributed by atoms with van der Waals surface area (Å²) in [6.07, 6.45) is 2.67. The first-order valence-corrected chi connectivity index (χ1v) is 9.50. The van der Waals surface area contributed by atoms with Crippen LogP contribution in [0.5, 0.6) is 5.75 Å². The number of methoxy groups -OCH3 is 1. The van der Waals surface area contributed by atoms with Crippen LogP contribution >= 0.6 is 0 Å². The fraction of sp³-hybridized carbons (Fsp3) is 0.261. The highest BCUT2D eigenvalue weighted by Gasteiger charge is 2.18. The molecular weight excluding hydrogens is 389 g/mol. The predicted octanol–water partition coefficient (Wildman–Crippen LogP) is 4.40. The molecule has 0 fully saturated rings. The minimum Gasteiger partial charge on any atom is -0.494 e. The number of carbonyl (C=O) groups is 3. The van der Waals surface area contributed by atoms with Crippen LogP contribution in [-0.2, 0) is 14.3 Å². The SMILES string of the molecule is CCCC(=O)Nc1ccc(C(=O)[C@@H](C)OC(=O)/C=C/c2ccc(OC)c(F)c2)cc1. The van der Waals surface area contributed by atoms with Gasteiger partial charge in [0.15, 0.2) is 17.7 Å². The fourth-order valence-corrected chi connectivity index (χ4v) is 2.62. The minimum atomic E-state index is -1.00. The molecule has 1 N–H and O–H groups in total. The number of amides is 1. The molecule has 0 aliphatic heterocycles. The highest BCUT2D eigenvalue weighted by atomic mass is 19.1. The molecule has 2 aromatic rings. The molecule has 0 bridgehead atoms. The first-order valence-electron chi connectivity index (χ1n) is 9.50. The number of carbonyl (C=O) groups excluding carboxylic acids is 3. The first-order chi connectivity index (χ1) is 14.3. The van der Waals surface area contributed by atoms with E-state index in [2.05, 4.69) is 5.32 Å². The molecule has 0 radical (unpaired) electrons. The average Bonchev–Trinajstić information content (AvgIpc) is 2.72. The molecule has 7 heteroatoms. The van der Waals surface area contributed by atoms with Gasteiger partial charge in [-0.25, -0.2) is 9.18 Å². The molecule has 0 saturated carbocycles. The van der Waals surface area contributed by atoms with Crippen LogP contribution in [0, 0.1) is 5.82 Å². The van der Waals surface area contributed by atoms with Crippen LogP contribution in [0.25, 0.3) is 6.08 Å². The molecule has 0 aliphatic rings. The van der Waals surface area contributed by atoms with Gasteiger partial charge < -0.3 is 14.8 Å². The van der Waals surface area contributed by atoms with Crippen molar-refractivity contribution in [3.8, 4) is 5.75 Å². The van der Waals surface area contributed by atoms with E-state index in [1.807, 2.05) is 6.92 Å². The number of nitrogens with one attached hydrogen (secondary N) is 1. The van der Waals surface area contributed by atoms with Crippen LogP contribution in [0.2, 0.25) is 0 Å². The first kappa shape index (κ1) is 22.8. The van der Waals surface area contributed by atoms with E-state index in [-0.39, 0.29) is 17.4 Å². The molecule has 1 amide bonds. The lowest BCUT2D eigenvalue weighted by Crippen LogP contribution is -2.23. The van der Waals surface area contributed by atoms with Gasteiger partial charge in [0.1, 0.15) is 0 Å². The van der Waals surface area contributed by atoms with Crippen molar-refractivity contribution in [1.82, 2.24) is 0 Å². The van der Waals surface area contributed by atoms with Gasteiger partial charge in [-0.1, -0.05) is 13.0 Å². The average molecular weight is 413 g/mol. The van der Waals surface area contributed by atoms with Crippen LogP contribution in [0.15, 0.2) is 48.5 Å². The molecule has 6 nitrogen and oxygen atoms in total. The molecular formula is C23H24FNO5. The summed E-state index contributed by atoms with van der Waals surface area (Å²) < 4.78 is 23.6. The Kier molecular flexibility index (Phi) is 8.29. The van der Waals surface area contributed by atoms with Crippen molar-refractivity contribution in [3.05, 3.63) is 65.5 Å². The quantitative estimate of drug-likeness (QED) is 0.374. The van der Waals surface area contributed by atoms with Gasteiger partial charge in [-0.15, -0.1) is 0 Å². The predicted molar refractivity (Wildman–Crippen MR) is 112 cm³/mol. The van der Waals surface area contributed by atoms with Gasteiger partial charge in [-0.05, 0) is 61.4 Å². The Bertz CT molecular complexity index is 937. The van der Waals surface area contributed by atoms with Crippen LogP contribution in [0.1, 0.15) is 42.6 Å². The second-order valence-electron chi connectivity index (χ2n) is 6.55. The van der Waals surface area contributed by atoms with E-state index in [1.165, 1.54) is 32.2 Å². The Hall–Kier alpha value is -3.48. The van der Waals surface area contributed by atoms with Crippen molar-refractivity contribution >= 4 is 29.4 Å². The number of esters is 1. The molecule has 2 rings (SSSR count). The summed E-state index contributed by atoms with van der Waals surface area (Å²) in [7, 11) is 1.36. The largest absolute Gasteiger partial charge is 0.494 e. The van der Waals surface area contributed by atoms with Crippen molar-refractivity contribution in [3.63, 3.8) is 0 Å². The van der Waals surface area contributed by atoms with Crippen LogP contribution < -0.4 is 10.1 Å². The number of ether oxygens (including phenoxy) is 2. The Balaban J connectivity index is 1.93. The van der Waals surface area contributed by atoms with Crippen molar-refractivity contribution in [2.75, 3.05) is 12.4 Å². The number of hydrogen-bond donors (Lipinski definition) is 1. The molecule has 0 spiro atoms. The van der Waals surface area contributed by atoms with Gasteiger partial charge >= 0.3 is 5.97 Å². The van der Waals surface area contributed by atoms with E-state index >= 15 is 0 Å². The molecule has 1 atom stereocenters. The minimum absolute atomic E-state index is 0.0950. The van der Waals surface area contributed by atoms with E-state index in [0.29, 0.717) is 23.2 Å². The summed E-state index contributed by atoms with van der Waals surface area (Å²) in [6.45, 7) is 3.38. The third-order valence-corrected chi connectivity index (χ3v) is 4.18. The van der Waals surface area contributed by atoms with Crippen molar-refractivity contribution in [1.29, 1.82) is 0 Å². The van der Waals surface area contributed by atoms with Crippen LogP contribution in [0.3, 0.4) is 0 Å². The summed E-state index contributed by atoms with van der Waals surface area (Å²) in [6, 6.07) is 10.6. The third-order valence-electron chi connectivity index (χ3n) is 4.18. The van der Waals surface area contributed by atoms with Gasteiger partial charge in [0.25, 0.3) is 0 Å². The highest BCUT2D eigenvalue weighted by Crippen LogP contribution is 2.18. The van der Waals surface area contributed by atoms with Crippen molar-refractivity contribution < 1.29 is 28.2 Å². The smallest absolute Gasteiger partial charge is 0.331 e. The maximum atomic E-state index is 13.7. The van der Waals surface area contributed by atoms with E-state index in [9.17, 15) is 18.8 Å². The number of ketones is 1. The number of anilines is 1. The summed E-state index contributed by atoms with van der Waals surface area (Å²) in [4.78, 5) is 36.0. The Morgan fingerprint density at radius 2 is 1.83 bits per heavy atom. The van der Waals surface area contributed by atoms with Gasteiger partial charge in [-0.3, -0.25) is 9.59 Å². The third kappa shape index (κ3) is 6.55. The van der Waals surface area contributed by atoms with Crippen LogP contribution in [-0.4, -0.2) is 30.9 Å². The highest BCUT2D eigenvalue weighted by molar-refractivity contribution is 6.01. The van der Waals surface area contributed by atoms with E-state index in [4.69, 9.17) is 9.47 Å². The zero-order chi connectivity index (χ0) is 22.1. The lowest BCUT2D eigenvalue weighted by Gasteiger charge is -2.11. The van der Waals surface area contributed by atoms with Gasteiger partial charge in [0.2, 0.25) is 11.7 Å². The number of benzene rings is 2. The number of halogens is 1. The van der Waals surface area contributed by atoms with E-state index < -0.39 is 17.9 Å². The second-order valence-corrected chi connectivity index (χ2v) is 6.55. The normalized spacial score (nSPS) is 11.7. The maximum Gasteiger partial charge on any atom is 0.331 e. The fourth-order valence-electron chi connectivity index (χ4n) is 2.62. The van der Waals surface area contributed by atoms with E-state index in [1.54, 1.807) is 30.3 Å². The number of rotatable bonds is 9. The molecule has 30 heavy (non-hydrogen) atoms. The molecule has 158 valence electrons. The maximum absolute atomic E-state index is 13.7. The standard InChI is InChI=1S/C23H24FNO5/c1-4-5-21(26)25-18-10-8-17(9-11-18)23(28)15(2)30-22(27)13-7-16-6-12-20(29-3)19(24)14-16/h6-15H,4-5H2,1-3H3,(H,25,26)/b13-7+/t15-/m1/s1. The van der Waals surface area contributed by atoms with Gasteiger partial charge in [-0.2, -0.15) is 0 Å². The molecule has 0 unspecified atom stereocenters. The van der Waals surface area contributed by atoms with Gasteiger partial charge in [0, 0.05) is 23.7 Å².